The Hall–Kier alpha value is -5.80. The standard InChI is InChI=1S/C58H61N3/c1-55(2,3)36-18-26-49-45(30-36)46-31-37(56(4,5)6)19-27-50(46)60(49)41-22-24-43-44-25-23-42(35-54(44)59(53(43)34-41)40-16-14-13-15-17-40)61-51-28-20-38(57(7,8)9)32-47(51)48-33-39(58(10,11)12)21-29-52(48)61/h13-16,18-35,40H,17H2,1-12H3. The fourth-order valence-electron chi connectivity index (χ4n) is 9.89. The van der Waals surface area contributed by atoms with Crippen LogP contribution >= 0.6 is 0 Å². The van der Waals surface area contributed by atoms with Crippen molar-refractivity contribution in [1.29, 1.82) is 0 Å². The van der Waals surface area contributed by atoms with Gasteiger partial charge in [0.25, 0.3) is 0 Å². The molecule has 10 rings (SSSR count). The lowest BCUT2D eigenvalue weighted by Crippen LogP contribution is -2.10. The zero-order valence-corrected chi connectivity index (χ0v) is 38.3. The average molecular weight is 800 g/mol. The zero-order valence-electron chi connectivity index (χ0n) is 38.3. The summed E-state index contributed by atoms with van der Waals surface area (Å²) in [6.07, 6.45) is 10.1. The summed E-state index contributed by atoms with van der Waals surface area (Å²) < 4.78 is 7.62. The van der Waals surface area contributed by atoms with Crippen LogP contribution in [0.1, 0.15) is 118 Å². The molecule has 0 saturated heterocycles. The van der Waals surface area contributed by atoms with Gasteiger partial charge in [0.1, 0.15) is 0 Å². The number of rotatable bonds is 3. The molecule has 1 aliphatic rings. The van der Waals surface area contributed by atoms with E-state index in [2.05, 4.69) is 230 Å². The minimum atomic E-state index is 0.0505. The fourth-order valence-corrected chi connectivity index (χ4v) is 9.89. The van der Waals surface area contributed by atoms with Gasteiger partial charge in [-0.25, -0.2) is 0 Å². The van der Waals surface area contributed by atoms with Crippen LogP contribution in [0.4, 0.5) is 0 Å². The maximum Gasteiger partial charge on any atom is 0.0560 e. The summed E-state index contributed by atoms with van der Waals surface area (Å²) in [6, 6.07) is 43.1. The molecule has 1 unspecified atom stereocenters. The van der Waals surface area contributed by atoms with Crippen molar-refractivity contribution in [3.63, 3.8) is 0 Å². The summed E-state index contributed by atoms with van der Waals surface area (Å²) in [5, 5.41) is 7.82. The van der Waals surface area contributed by atoms with Gasteiger partial charge in [-0.2, -0.15) is 0 Å². The second kappa shape index (κ2) is 13.3. The first-order valence-electron chi connectivity index (χ1n) is 22.4. The number of hydrogen-bond acceptors (Lipinski definition) is 0. The first-order chi connectivity index (χ1) is 28.8. The molecule has 308 valence electrons. The molecule has 1 aliphatic carbocycles. The third-order valence-corrected chi connectivity index (χ3v) is 13.6. The number of hydrogen-bond donors (Lipinski definition) is 0. The normalized spacial score (nSPS) is 15.5. The molecular formula is C58H61N3. The van der Waals surface area contributed by atoms with Gasteiger partial charge in [0.05, 0.1) is 39.1 Å². The van der Waals surface area contributed by atoms with Crippen LogP contribution in [0.15, 0.2) is 133 Å². The van der Waals surface area contributed by atoms with Gasteiger partial charge in [-0.15, -0.1) is 0 Å². The summed E-state index contributed by atoms with van der Waals surface area (Å²) in [7, 11) is 0. The molecule has 0 bridgehead atoms. The average Bonchev–Trinajstić information content (AvgIpc) is 3.83. The van der Waals surface area contributed by atoms with Gasteiger partial charge in [-0.1, -0.05) is 144 Å². The van der Waals surface area contributed by atoms with E-state index in [0.717, 1.165) is 6.42 Å². The van der Waals surface area contributed by atoms with Crippen LogP contribution in [0.25, 0.3) is 76.8 Å². The van der Waals surface area contributed by atoms with Crippen molar-refractivity contribution in [3.05, 3.63) is 156 Å². The van der Waals surface area contributed by atoms with Gasteiger partial charge in [0.2, 0.25) is 0 Å². The molecule has 3 aromatic heterocycles. The Morgan fingerprint density at radius 3 is 1.00 bits per heavy atom. The Labute approximate surface area is 362 Å². The monoisotopic (exact) mass is 799 g/mol. The molecule has 6 aromatic carbocycles. The molecule has 0 N–H and O–H groups in total. The van der Waals surface area contributed by atoms with Crippen LogP contribution in [-0.4, -0.2) is 13.7 Å². The first kappa shape index (κ1) is 39.3. The zero-order chi connectivity index (χ0) is 43.0. The summed E-state index contributed by atoms with van der Waals surface area (Å²) in [5.74, 6) is 0. The van der Waals surface area contributed by atoms with Crippen molar-refractivity contribution < 1.29 is 0 Å². The number of allylic oxidation sites excluding steroid dienone is 4. The highest BCUT2D eigenvalue weighted by Crippen LogP contribution is 2.43. The van der Waals surface area contributed by atoms with Gasteiger partial charge in [-0.05, 0) is 123 Å². The van der Waals surface area contributed by atoms with Crippen LogP contribution < -0.4 is 0 Å². The molecule has 0 saturated carbocycles. The molecule has 3 heterocycles. The first-order valence-corrected chi connectivity index (χ1v) is 22.4. The van der Waals surface area contributed by atoms with E-state index in [1.54, 1.807) is 0 Å². The number of benzene rings is 6. The van der Waals surface area contributed by atoms with Gasteiger partial charge < -0.3 is 13.7 Å². The second-order valence-electron chi connectivity index (χ2n) is 22.0. The molecule has 61 heavy (non-hydrogen) atoms. The van der Waals surface area contributed by atoms with E-state index in [4.69, 9.17) is 0 Å². The van der Waals surface area contributed by atoms with Crippen LogP contribution in [0.2, 0.25) is 0 Å². The minimum Gasteiger partial charge on any atom is -0.333 e. The molecule has 9 aromatic rings. The van der Waals surface area contributed by atoms with Gasteiger partial charge >= 0.3 is 0 Å². The van der Waals surface area contributed by atoms with Crippen LogP contribution in [0.3, 0.4) is 0 Å². The summed E-state index contributed by atoms with van der Waals surface area (Å²) in [4.78, 5) is 0. The topological polar surface area (TPSA) is 14.8 Å². The van der Waals surface area contributed by atoms with Gasteiger partial charge in [0, 0.05) is 43.7 Å². The summed E-state index contributed by atoms with van der Waals surface area (Å²) in [5.41, 5.74) is 15.5. The highest BCUT2D eigenvalue weighted by molar-refractivity contribution is 6.13. The van der Waals surface area contributed by atoms with Crippen molar-refractivity contribution >= 4 is 65.4 Å². The van der Waals surface area contributed by atoms with Crippen molar-refractivity contribution in [1.82, 2.24) is 13.7 Å². The lowest BCUT2D eigenvalue weighted by Gasteiger charge is -2.20. The van der Waals surface area contributed by atoms with Crippen molar-refractivity contribution in [2.24, 2.45) is 0 Å². The summed E-state index contributed by atoms with van der Waals surface area (Å²) in [6.45, 7) is 27.8. The third kappa shape index (κ3) is 6.38. The number of fused-ring (bicyclic) bond motifs is 9. The molecule has 3 nitrogen and oxygen atoms in total. The Bertz CT molecular complexity index is 2950. The molecule has 0 amide bonds. The lowest BCUT2D eigenvalue weighted by molar-refractivity contribution is 0.590. The van der Waals surface area contributed by atoms with E-state index in [1.807, 2.05) is 0 Å². The predicted molar refractivity (Wildman–Crippen MR) is 265 cm³/mol. The van der Waals surface area contributed by atoms with E-state index >= 15 is 0 Å². The van der Waals surface area contributed by atoms with Gasteiger partial charge in [0.15, 0.2) is 0 Å². The van der Waals surface area contributed by atoms with Crippen molar-refractivity contribution in [2.75, 3.05) is 0 Å². The Balaban J connectivity index is 1.23. The molecule has 0 radical (unpaired) electrons. The maximum absolute atomic E-state index is 2.62. The maximum atomic E-state index is 2.62. The molecular weight excluding hydrogens is 739 g/mol. The quantitative estimate of drug-likeness (QED) is 0.169. The van der Waals surface area contributed by atoms with E-state index < -0.39 is 0 Å². The predicted octanol–water partition coefficient (Wildman–Crippen LogP) is 16.2. The molecule has 0 spiro atoms. The number of nitrogens with zero attached hydrogens (tertiary/aromatic N) is 3. The Kier molecular flexibility index (Phi) is 8.61. The highest BCUT2D eigenvalue weighted by atomic mass is 15.0. The van der Waals surface area contributed by atoms with Crippen LogP contribution in [-0.2, 0) is 21.7 Å². The second-order valence-corrected chi connectivity index (χ2v) is 22.0. The van der Waals surface area contributed by atoms with E-state index in [-0.39, 0.29) is 27.7 Å². The van der Waals surface area contributed by atoms with Crippen molar-refractivity contribution in [3.8, 4) is 11.4 Å². The minimum absolute atomic E-state index is 0.0505. The van der Waals surface area contributed by atoms with Crippen molar-refractivity contribution in [2.45, 2.75) is 117 Å². The van der Waals surface area contributed by atoms with E-state index in [0.29, 0.717) is 0 Å². The Morgan fingerprint density at radius 1 is 0.361 bits per heavy atom. The number of aromatic nitrogens is 3. The lowest BCUT2D eigenvalue weighted by atomic mass is 9.85. The highest BCUT2D eigenvalue weighted by Gasteiger charge is 2.25. The fraction of sp³-hybridized carbons (Fsp3) is 0.310. The Morgan fingerprint density at radius 2 is 0.705 bits per heavy atom. The molecule has 3 heteroatoms. The summed E-state index contributed by atoms with van der Waals surface area (Å²) >= 11 is 0. The molecule has 0 aliphatic heterocycles. The van der Waals surface area contributed by atoms with E-state index in [9.17, 15) is 0 Å². The van der Waals surface area contributed by atoms with Crippen LogP contribution in [0, 0.1) is 0 Å². The third-order valence-electron chi connectivity index (χ3n) is 13.6. The molecule has 0 fully saturated rings. The van der Waals surface area contributed by atoms with Gasteiger partial charge in [-0.3, -0.25) is 0 Å². The largest absolute Gasteiger partial charge is 0.333 e. The smallest absolute Gasteiger partial charge is 0.0560 e. The van der Waals surface area contributed by atoms with E-state index in [1.165, 1.54) is 99.0 Å². The van der Waals surface area contributed by atoms with Crippen LogP contribution in [0.5, 0.6) is 0 Å². The SMILES string of the molecule is CC(C)(C)c1ccc2c(c1)c1cc(C(C)(C)C)ccc1n2-c1ccc2c3ccc(-n4c5ccc(C(C)(C)C)cc5c5cc(C(C)(C)C)ccc54)cc3n(C3C=CC=CC3)c2c1. The molecule has 1 atom stereocenters.